The van der Waals surface area contributed by atoms with Crippen molar-refractivity contribution in [3.63, 3.8) is 0 Å². The third-order valence-electron chi connectivity index (χ3n) is 3.10. The lowest BCUT2D eigenvalue weighted by molar-refractivity contribution is -0.142. The number of halogens is 1. The Labute approximate surface area is 114 Å². The van der Waals surface area contributed by atoms with Gasteiger partial charge in [-0.1, -0.05) is 56.3 Å². The van der Waals surface area contributed by atoms with E-state index in [0.717, 1.165) is 24.8 Å². The van der Waals surface area contributed by atoms with Gasteiger partial charge in [0, 0.05) is 5.02 Å². The summed E-state index contributed by atoms with van der Waals surface area (Å²) in [6.45, 7) is 2.18. The number of carbonyl (C=O) groups excluding carboxylic acids is 1. The van der Waals surface area contributed by atoms with Gasteiger partial charge in [-0.25, -0.2) is 0 Å². The summed E-state index contributed by atoms with van der Waals surface area (Å²) in [6, 6.07) is 7.45. The summed E-state index contributed by atoms with van der Waals surface area (Å²) in [5.74, 6) is -0.321. The number of hydrogen-bond donors (Lipinski definition) is 0. The van der Waals surface area contributed by atoms with E-state index in [4.69, 9.17) is 16.3 Å². The SMILES string of the molecule is CCCCCCC(C(=O)OC)c1ccc(Cl)cc1. The lowest BCUT2D eigenvalue weighted by atomic mass is 9.93. The van der Waals surface area contributed by atoms with Gasteiger partial charge in [0.15, 0.2) is 0 Å². The second kappa shape index (κ2) is 8.15. The molecule has 0 saturated carbocycles. The molecule has 0 aliphatic heterocycles. The maximum atomic E-state index is 11.8. The molecule has 0 aliphatic rings. The Morgan fingerprint density at radius 2 is 1.89 bits per heavy atom. The van der Waals surface area contributed by atoms with E-state index in [9.17, 15) is 4.79 Å². The minimum atomic E-state index is -0.163. The van der Waals surface area contributed by atoms with Crippen LogP contribution in [0.25, 0.3) is 0 Å². The highest BCUT2D eigenvalue weighted by Crippen LogP contribution is 2.25. The van der Waals surface area contributed by atoms with Gasteiger partial charge >= 0.3 is 5.97 Å². The Morgan fingerprint density at radius 1 is 1.22 bits per heavy atom. The van der Waals surface area contributed by atoms with Crippen LogP contribution in [0.15, 0.2) is 24.3 Å². The van der Waals surface area contributed by atoms with E-state index in [0.29, 0.717) is 5.02 Å². The highest BCUT2D eigenvalue weighted by molar-refractivity contribution is 6.30. The lowest BCUT2D eigenvalue weighted by Crippen LogP contribution is -2.14. The van der Waals surface area contributed by atoms with Crippen LogP contribution in [0, 0.1) is 0 Å². The topological polar surface area (TPSA) is 26.3 Å². The Bertz CT molecular complexity index is 359. The van der Waals surface area contributed by atoms with E-state index in [1.165, 1.54) is 20.0 Å². The molecule has 0 spiro atoms. The molecule has 1 atom stereocenters. The van der Waals surface area contributed by atoms with Gasteiger partial charge < -0.3 is 4.74 Å². The average molecular weight is 269 g/mol. The molecule has 0 heterocycles. The molecule has 0 amide bonds. The molecule has 3 heteroatoms. The molecule has 0 aliphatic carbocycles. The molecule has 2 nitrogen and oxygen atoms in total. The van der Waals surface area contributed by atoms with Crippen LogP contribution in [0.4, 0.5) is 0 Å². The summed E-state index contributed by atoms with van der Waals surface area (Å²) in [4.78, 5) is 11.8. The molecule has 0 aromatic heterocycles. The fourth-order valence-corrected chi connectivity index (χ4v) is 2.16. The van der Waals surface area contributed by atoms with Crippen molar-refractivity contribution in [3.05, 3.63) is 34.9 Å². The second-order valence-corrected chi connectivity index (χ2v) is 4.91. The van der Waals surface area contributed by atoms with Crippen molar-refractivity contribution in [1.82, 2.24) is 0 Å². The number of hydrogen-bond acceptors (Lipinski definition) is 2. The van der Waals surface area contributed by atoms with E-state index in [1.807, 2.05) is 24.3 Å². The van der Waals surface area contributed by atoms with Crippen LogP contribution in [0.2, 0.25) is 5.02 Å². The van der Waals surface area contributed by atoms with Crippen molar-refractivity contribution in [2.45, 2.75) is 44.9 Å². The second-order valence-electron chi connectivity index (χ2n) is 4.48. The van der Waals surface area contributed by atoms with Crippen LogP contribution in [0.3, 0.4) is 0 Å². The van der Waals surface area contributed by atoms with Crippen molar-refractivity contribution in [2.24, 2.45) is 0 Å². The van der Waals surface area contributed by atoms with Crippen LogP contribution in [0.5, 0.6) is 0 Å². The van der Waals surface area contributed by atoms with Crippen molar-refractivity contribution in [2.75, 3.05) is 7.11 Å². The Balaban J connectivity index is 2.66. The van der Waals surface area contributed by atoms with Crippen molar-refractivity contribution >= 4 is 17.6 Å². The quantitative estimate of drug-likeness (QED) is 0.535. The van der Waals surface area contributed by atoms with Gasteiger partial charge in [-0.15, -0.1) is 0 Å². The van der Waals surface area contributed by atoms with Gasteiger partial charge in [0.05, 0.1) is 13.0 Å². The predicted molar refractivity (Wildman–Crippen MR) is 75.0 cm³/mol. The van der Waals surface area contributed by atoms with Gasteiger partial charge in [0.1, 0.15) is 0 Å². The van der Waals surface area contributed by atoms with Crippen LogP contribution in [-0.2, 0) is 9.53 Å². The van der Waals surface area contributed by atoms with Crippen LogP contribution in [0.1, 0.15) is 50.5 Å². The fraction of sp³-hybridized carbons (Fsp3) is 0.533. The zero-order chi connectivity index (χ0) is 13.4. The van der Waals surface area contributed by atoms with Crippen molar-refractivity contribution < 1.29 is 9.53 Å². The summed E-state index contributed by atoms with van der Waals surface area (Å²) in [5, 5.41) is 0.688. The monoisotopic (exact) mass is 268 g/mol. The standard InChI is InChI=1S/C15H21ClO2/c1-3-4-5-6-7-14(15(17)18-2)12-8-10-13(16)11-9-12/h8-11,14H,3-7H2,1-2H3. The van der Waals surface area contributed by atoms with Crippen LogP contribution < -0.4 is 0 Å². The van der Waals surface area contributed by atoms with E-state index in [2.05, 4.69) is 6.92 Å². The normalized spacial score (nSPS) is 12.2. The number of carbonyl (C=O) groups is 1. The molecule has 0 bridgehead atoms. The first-order chi connectivity index (χ1) is 8.69. The third kappa shape index (κ3) is 4.69. The zero-order valence-corrected chi connectivity index (χ0v) is 11.9. The Hall–Kier alpha value is -1.02. The number of esters is 1. The molecular formula is C15H21ClO2. The molecule has 18 heavy (non-hydrogen) atoms. The average Bonchev–Trinajstić information content (AvgIpc) is 2.39. The van der Waals surface area contributed by atoms with Gasteiger partial charge in [-0.05, 0) is 24.1 Å². The zero-order valence-electron chi connectivity index (χ0n) is 11.1. The number of rotatable bonds is 7. The minimum Gasteiger partial charge on any atom is -0.469 e. The molecule has 1 aromatic rings. The molecular weight excluding hydrogens is 248 g/mol. The number of unbranched alkanes of at least 4 members (excludes halogenated alkanes) is 3. The molecule has 0 N–H and O–H groups in total. The largest absolute Gasteiger partial charge is 0.469 e. The molecule has 100 valence electrons. The summed E-state index contributed by atoms with van der Waals surface area (Å²) in [5.41, 5.74) is 0.989. The summed E-state index contributed by atoms with van der Waals surface area (Å²) in [6.07, 6.45) is 5.47. The van der Waals surface area contributed by atoms with E-state index in [1.54, 1.807) is 0 Å². The molecule has 0 fully saturated rings. The number of methoxy groups -OCH3 is 1. The first-order valence-electron chi connectivity index (χ1n) is 6.52. The highest BCUT2D eigenvalue weighted by atomic mass is 35.5. The fourth-order valence-electron chi connectivity index (χ4n) is 2.03. The summed E-state index contributed by atoms with van der Waals surface area (Å²) >= 11 is 5.86. The molecule has 0 saturated heterocycles. The summed E-state index contributed by atoms with van der Waals surface area (Å²) in [7, 11) is 1.44. The van der Waals surface area contributed by atoms with E-state index >= 15 is 0 Å². The third-order valence-corrected chi connectivity index (χ3v) is 3.36. The molecule has 1 unspecified atom stereocenters. The van der Waals surface area contributed by atoms with E-state index < -0.39 is 0 Å². The van der Waals surface area contributed by atoms with Crippen molar-refractivity contribution in [1.29, 1.82) is 0 Å². The number of benzene rings is 1. The summed E-state index contributed by atoms with van der Waals surface area (Å²) < 4.78 is 4.88. The smallest absolute Gasteiger partial charge is 0.313 e. The predicted octanol–water partition coefficient (Wildman–Crippen LogP) is 4.57. The van der Waals surface area contributed by atoms with Gasteiger partial charge in [0.2, 0.25) is 0 Å². The van der Waals surface area contributed by atoms with Gasteiger partial charge in [-0.2, -0.15) is 0 Å². The Morgan fingerprint density at radius 3 is 2.44 bits per heavy atom. The van der Waals surface area contributed by atoms with Crippen molar-refractivity contribution in [3.8, 4) is 0 Å². The molecule has 0 radical (unpaired) electrons. The number of ether oxygens (including phenoxy) is 1. The van der Waals surface area contributed by atoms with Gasteiger partial charge in [0.25, 0.3) is 0 Å². The lowest BCUT2D eigenvalue weighted by Gasteiger charge is -2.15. The Kier molecular flexibility index (Phi) is 6.81. The van der Waals surface area contributed by atoms with Crippen LogP contribution in [-0.4, -0.2) is 13.1 Å². The van der Waals surface area contributed by atoms with Gasteiger partial charge in [-0.3, -0.25) is 4.79 Å². The maximum absolute atomic E-state index is 11.8. The molecule has 1 aromatic carbocycles. The van der Waals surface area contributed by atoms with Crippen LogP contribution >= 0.6 is 11.6 Å². The minimum absolute atomic E-state index is 0.158. The first-order valence-corrected chi connectivity index (χ1v) is 6.90. The molecule has 1 rings (SSSR count). The highest BCUT2D eigenvalue weighted by Gasteiger charge is 2.20. The first kappa shape index (κ1) is 15.0. The van der Waals surface area contributed by atoms with E-state index in [-0.39, 0.29) is 11.9 Å². The maximum Gasteiger partial charge on any atom is 0.313 e.